The normalized spacial score (nSPS) is 16.0. The van der Waals surface area contributed by atoms with E-state index >= 15 is 0 Å². The Balaban J connectivity index is 1.83. The van der Waals surface area contributed by atoms with Crippen molar-refractivity contribution >= 4 is 0 Å². The Kier molecular flexibility index (Phi) is 6.23. The molecule has 28 heavy (non-hydrogen) atoms. The van der Waals surface area contributed by atoms with Crippen LogP contribution in [0.25, 0.3) is 11.1 Å². The molecule has 3 rings (SSSR count). The lowest BCUT2D eigenvalue weighted by Gasteiger charge is -2.33. The second kappa shape index (κ2) is 8.48. The summed E-state index contributed by atoms with van der Waals surface area (Å²) in [7, 11) is 3.49. The Morgan fingerprint density at radius 1 is 1.21 bits per heavy atom. The first-order valence-corrected chi connectivity index (χ1v) is 10.2. The van der Waals surface area contributed by atoms with Crippen molar-refractivity contribution in [2.24, 2.45) is 18.9 Å². The fourth-order valence-electron chi connectivity index (χ4n) is 4.17. The fourth-order valence-corrected chi connectivity index (χ4v) is 4.17. The van der Waals surface area contributed by atoms with Gasteiger partial charge in [-0.2, -0.15) is 0 Å². The SMILES string of the molecule is COc1cc(-c2cn(C)c(=O)c(C)c2C)cnc1CN1CCC(C(C)C)CC1. The molecule has 152 valence electrons. The van der Waals surface area contributed by atoms with E-state index in [9.17, 15) is 4.79 Å². The standard InChI is InChI=1S/C23H33N3O2/c1-15(2)18-7-9-26(10-8-18)14-21-22(28-6)11-19(12-24-21)20-13-25(5)23(27)17(4)16(20)3/h11-13,15,18H,7-10,14H2,1-6H3. The minimum atomic E-state index is 0.0441. The largest absolute Gasteiger partial charge is 0.495 e. The number of aryl methyl sites for hydroxylation is 1. The number of hydrogen-bond acceptors (Lipinski definition) is 4. The summed E-state index contributed by atoms with van der Waals surface area (Å²) in [6.07, 6.45) is 6.31. The van der Waals surface area contributed by atoms with E-state index in [1.807, 2.05) is 26.2 Å². The molecule has 0 amide bonds. The summed E-state index contributed by atoms with van der Waals surface area (Å²) in [6.45, 7) is 11.6. The van der Waals surface area contributed by atoms with Gasteiger partial charge in [0.1, 0.15) is 5.75 Å². The average Bonchev–Trinajstić information content (AvgIpc) is 2.70. The van der Waals surface area contributed by atoms with Crippen LogP contribution in [0.3, 0.4) is 0 Å². The maximum atomic E-state index is 12.2. The van der Waals surface area contributed by atoms with Crippen molar-refractivity contribution in [3.8, 4) is 16.9 Å². The molecule has 1 fully saturated rings. The number of piperidine rings is 1. The van der Waals surface area contributed by atoms with Crippen LogP contribution in [0.5, 0.6) is 5.75 Å². The molecular formula is C23H33N3O2. The number of hydrogen-bond donors (Lipinski definition) is 0. The summed E-state index contributed by atoms with van der Waals surface area (Å²) < 4.78 is 7.31. The zero-order valence-electron chi connectivity index (χ0n) is 18.1. The van der Waals surface area contributed by atoms with Crippen molar-refractivity contribution in [2.75, 3.05) is 20.2 Å². The van der Waals surface area contributed by atoms with Gasteiger partial charge in [0, 0.05) is 42.7 Å². The third kappa shape index (κ3) is 4.14. The monoisotopic (exact) mass is 383 g/mol. The number of aromatic nitrogens is 2. The maximum Gasteiger partial charge on any atom is 0.253 e. The number of nitrogens with zero attached hydrogens (tertiary/aromatic N) is 3. The molecule has 0 aliphatic carbocycles. The molecule has 0 bridgehead atoms. The molecule has 2 aromatic rings. The number of rotatable bonds is 5. The molecule has 0 spiro atoms. The van der Waals surface area contributed by atoms with E-state index in [4.69, 9.17) is 9.72 Å². The number of pyridine rings is 2. The molecule has 0 unspecified atom stereocenters. The predicted molar refractivity (Wildman–Crippen MR) is 114 cm³/mol. The molecule has 0 radical (unpaired) electrons. The molecule has 1 saturated heterocycles. The molecule has 5 heteroatoms. The highest BCUT2D eigenvalue weighted by Gasteiger charge is 2.23. The van der Waals surface area contributed by atoms with Gasteiger partial charge in [0.15, 0.2) is 0 Å². The fraction of sp³-hybridized carbons (Fsp3) is 0.565. The van der Waals surface area contributed by atoms with Crippen molar-refractivity contribution in [3.05, 3.63) is 45.6 Å². The molecule has 5 nitrogen and oxygen atoms in total. The topological polar surface area (TPSA) is 47.4 Å². The second-order valence-corrected chi connectivity index (χ2v) is 8.44. The molecule has 1 aliphatic heterocycles. The van der Waals surface area contributed by atoms with Crippen LogP contribution in [-0.4, -0.2) is 34.7 Å². The van der Waals surface area contributed by atoms with E-state index < -0.39 is 0 Å². The minimum absolute atomic E-state index is 0.0441. The third-order valence-corrected chi connectivity index (χ3v) is 6.34. The number of ether oxygens (including phenoxy) is 1. The summed E-state index contributed by atoms with van der Waals surface area (Å²) in [5.74, 6) is 2.42. The lowest BCUT2D eigenvalue weighted by molar-refractivity contribution is 0.149. The van der Waals surface area contributed by atoms with Crippen LogP contribution in [0, 0.1) is 25.7 Å². The summed E-state index contributed by atoms with van der Waals surface area (Å²) in [5.41, 5.74) is 4.80. The highest BCUT2D eigenvalue weighted by molar-refractivity contribution is 5.68. The van der Waals surface area contributed by atoms with Gasteiger partial charge >= 0.3 is 0 Å². The molecule has 0 N–H and O–H groups in total. The van der Waals surface area contributed by atoms with Crippen LogP contribution < -0.4 is 10.3 Å². The van der Waals surface area contributed by atoms with Crippen LogP contribution in [0.1, 0.15) is 43.5 Å². The van der Waals surface area contributed by atoms with E-state index in [0.29, 0.717) is 0 Å². The Bertz CT molecular complexity index is 893. The summed E-state index contributed by atoms with van der Waals surface area (Å²) in [5, 5.41) is 0. The molecule has 0 atom stereocenters. The van der Waals surface area contributed by atoms with Crippen LogP contribution in [-0.2, 0) is 13.6 Å². The van der Waals surface area contributed by atoms with Crippen LogP contribution in [0.15, 0.2) is 23.3 Å². The minimum Gasteiger partial charge on any atom is -0.495 e. The quantitative estimate of drug-likeness (QED) is 0.785. The van der Waals surface area contributed by atoms with Crippen LogP contribution in [0.2, 0.25) is 0 Å². The van der Waals surface area contributed by atoms with Crippen molar-refractivity contribution in [2.45, 2.75) is 47.1 Å². The second-order valence-electron chi connectivity index (χ2n) is 8.44. The first-order valence-electron chi connectivity index (χ1n) is 10.2. The van der Waals surface area contributed by atoms with E-state index in [0.717, 1.165) is 65.2 Å². The van der Waals surface area contributed by atoms with E-state index in [2.05, 4.69) is 24.8 Å². The van der Waals surface area contributed by atoms with Crippen molar-refractivity contribution in [1.29, 1.82) is 0 Å². The van der Waals surface area contributed by atoms with Gasteiger partial charge in [-0.05, 0) is 63.2 Å². The first-order chi connectivity index (χ1) is 13.3. The molecule has 2 aromatic heterocycles. The predicted octanol–water partition coefficient (Wildman–Crippen LogP) is 3.94. The lowest BCUT2D eigenvalue weighted by atomic mass is 9.87. The van der Waals surface area contributed by atoms with E-state index in [1.165, 1.54) is 12.8 Å². The molecule has 0 saturated carbocycles. The first kappa shape index (κ1) is 20.6. The Hall–Kier alpha value is -2.14. The number of likely N-dealkylation sites (tertiary alicyclic amines) is 1. The third-order valence-electron chi connectivity index (χ3n) is 6.34. The zero-order chi connectivity index (χ0) is 20.4. The highest BCUT2D eigenvalue weighted by Crippen LogP contribution is 2.30. The molecule has 1 aliphatic rings. The summed E-state index contributed by atoms with van der Waals surface area (Å²) in [6, 6.07) is 2.05. The summed E-state index contributed by atoms with van der Waals surface area (Å²) in [4.78, 5) is 19.4. The van der Waals surface area contributed by atoms with Gasteiger partial charge in [-0.1, -0.05) is 13.8 Å². The van der Waals surface area contributed by atoms with Gasteiger partial charge in [0.2, 0.25) is 0 Å². The van der Waals surface area contributed by atoms with E-state index in [1.54, 1.807) is 18.7 Å². The van der Waals surface area contributed by atoms with Gasteiger partial charge in [-0.25, -0.2) is 0 Å². The average molecular weight is 384 g/mol. The van der Waals surface area contributed by atoms with Crippen LogP contribution in [0.4, 0.5) is 0 Å². The molecule has 3 heterocycles. The lowest BCUT2D eigenvalue weighted by Crippen LogP contribution is -2.35. The zero-order valence-corrected chi connectivity index (χ0v) is 18.1. The maximum absolute atomic E-state index is 12.2. The summed E-state index contributed by atoms with van der Waals surface area (Å²) >= 11 is 0. The molecule has 0 aromatic carbocycles. The smallest absolute Gasteiger partial charge is 0.253 e. The molecular weight excluding hydrogens is 350 g/mol. The van der Waals surface area contributed by atoms with Crippen LogP contribution >= 0.6 is 0 Å². The van der Waals surface area contributed by atoms with Crippen molar-refractivity contribution < 1.29 is 4.74 Å². The van der Waals surface area contributed by atoms with Gasteiger partial charge < -0.3 is 9.30 Å². The Morgan fingerprint density at radius 2 is 1.89 bits per heavy atom. The Morgan fingerprint density at radius 3 is 2.50 bits per heavy atom. The van der Waals surface area contributed by atoms with Crippen molar-refractivity contribution in [3.63, 3.8) is 0 Å². The van der Waals surface area contributed by atoms with Gasteiger partial charge in [0.25, 0.3) is 5.56 Å². The van der Waals surface area contributed by atoms with E-state index in [-0.39, 0.29) is 5.56 Å². The number of methoxy groups -OCH3 is 1. The van der Waals surface area contributed by atoms with Gasteiger partial charge in [-0.15, -0.1) is 0 Å². The van der Waals surface area contributed by atoms with Crippen molar-refractivity contribution in [1.82, 2.24) is 14.5 Å². The van der Waals surface area contributed by atoms with Gasteiger partial charge in [0.05, 0.1) is 12.8 Å². The highest BCUT2D eigenvalue weighted by atomic mass is 16.5. The Labute approximate surface area is 168 Å². The van der Waals surface area contributed by atoms with Gasteiger partial charge in [-0.3, -0.25) is 14.7 Å².